The number of para-hydroxylation sites is 1. The van der Waals surface area contributed by atoms with Gasteiger partial charge in [-0.3, -0.25) is 9.78 Å². The van der Waals surface area contributed by atoms with Crippen LogP contribution in [0.15, 0.2) is 42.7 Å². The highest BCUT2D eigenvalue weighted by atomic mass is 16.5. The molecule has 0 bridgehead atoms. The number of pyridine rings is 1. The van der Waals surface area contributed by atoms with Gasteiger partial charge in [-0.2, -0.15) is 0 Å². The lowest BCUT2D eigenvalue weighted by Gasteiger charge is -2.22. The van der Waals surface area contributed by atoms with Crippen LogP contribution >= 0.6 is 0 Å². The van der Waals surface area contributed by atoms with E-state index in [4.69, 9.17) is 4.74 Å². The molecule has 3 heterocycles. The number of fused-ring (bicyclic) bond motifs is 1. The number of hydrogen-bond donors (Lipinski definition) is 2. The second kappa shape index (κ2) is 8.79. The van der Waals surface area contributed by atoms with E-state index in [1.807, 2.05) is 35.0 Å². The molecule has 4 rings (SSSR count). The van der Waals surface area contributed by atoms with Gasteiger partial charge >= 0.3 is 0 Å². The van der Waals surface area contributed by atoms with Crippen LogP contribution in [0.1, 0.15) is 35.8 Å². The standard InChI is InChI=1S/C20H24N6O2/c27-20(17-14-26(25-24-17)16-7-11-21-12-8-16)23-10-3-13-28-18-6-1-4-15-5-2-9-22-19(15)18/h1-2,4-6,9,14,16,21H,3,7-8,10-13H2,(H,23,27). The quantitative estimate of drug-likeness (QED) is 0.609. The summed E-state index contributed by atoms with van der Waals surface area (Å²) in [5.74, 6) is 0.557. The summed E-state index contributed by atoms with van der Waals surface area (Å²) in [5.41, 5.74) is 1.21. The molecule has 1 aliphatic heterocycles. The van der Waals surface area contributed by atoms with Crippen LogP contribution in [0, 0.1) is 0 Å². The van der Waals surface area contributed by atoms with Gasteiger partial charge in [0.1, 0.15) is 11.3 Å². The molecule has 2 aromatic heterocycles. The van der Waals surface area contributed by atoms with Crippen LogP contribution in [0.3, 0.4) is 0 Å². The van der Waals surface area contributed by atoms with E-state index >= 15 is 0 Å². The van der Waals surface area contributed by atoms with Crippen molar-refractivity contribution >= 4 is 16.8 Å². The summed E-state index contributed by atoms with van der Waals surface area (Å²) in [4.78, 5) is 16.6. The first-order valence-corrected chi connectivity index (χ1v) is 9.68. The number of benzene rings is 1. The summed E-state index contributed by atoms with van der Waals surface area (Å²) >= 11 is 0. The second-order valence-corrected chi connectivity index (χ2v) is 6.85. The van der Waals surface area contributed by atoms with Crippen LogP contribution in [-0.2, 0) is 0 Å². The minimum Gasteiger partial charge on any atom is -0.491 e. The Morgan fingerprint density at radius 3 is 3.00 bits per heavy atom. The van der Waals surface area contributed by atoms with Gasteiger partial charge in [0.2, 0.25) is 0 Å². The highest BCUT2D eigenvalue weighted by Gasteiger charge is 2.18. The van der Waals surface area contributed by atoms with E-state index in [9.17, 15) is 4.79 Å². The van der Waals surface area contributed by atoms with E-state index in [-0.39, 0.29) is 5.91 Å². The zero-order valence-corrected chi connectivity index (χ0v) is 15.7. The second-order valence-electron chi connectivity index (χ2n) is 6.85. The predicted octanol–water partition coefficient (Wildman–Crippen LogP) is 1.95. The molecule has 0 radical (unpaired) electrons. The van der Waals surface area contributed by atoms with E-state index in [0.29, 0.717) is 31.3 Å². The molecule has 1 saturated heterocycles. The Kier molecular flexibility index (Phi) is 5.77. The molecule has 1 amide bonds. The molecule has 3 aromatic rings. The van der Waals surface area contributed by atoms with Crippen LogP contribution in [0.4, 0.5) is 0 Å². The molecule has 0 saturated carbocycles. The summed E-state index contributed by atoms with van der Waals surface area (Å²) in [7, 11) is 0. The third kappa shape index (κ3) is 4.28. The average Bonchev–Trinajstić information content (AvgIpc) is 3.25. The van der Waals surface area contributed by atoms with Gasteiger partial charge in [0, 0.05) is 18.1 Å². The van der Waals surface area contributed by atoms with Gasteiger partial charge in [-0.25, -0.2) is 4.68 Å². The molecule has 8 heteroatoms. The maximum atomic E-state index is 12.3. The number of nitrogens with zero attached hydrogens (tertiary/aromatic N) is 4. The van der Waals surface area contributed by atoms with Crippen molar-refractivity contribution in [2.45, 2.75) is 25.3 Å². The fourth-order valence-corrected chi connectivity index (χ4v) is 3.37. The fourth-order valence-electron chi connectivity index (χ4n) is 3.37. The zero-order chi connectivity index (χ0) is 19.2. The summed E-state index contributed by atoms with van der Waals surface area (Å²) in [5, 5.41) is 15.4. The molecular formula is C20H24N6O2. The SMILES string of the molecule is O=C(NCCCOc1cccc2cccnc12)c1cn(C2CCNCC2)nn1. The van der Waals surface area contributed by atoms with Crippen LogP contribution in [-0.4, -0.2) is 52.1 Å². The third-order valence-corrected chi connectivity index (χ3v) is 4.89. The Morgan fingerprint density at radius 1 is 1.25 bits per heavy atom. The lowest BCUT2D eigenvalue weighted by atomic mass is 10.1. The molecule has 0 unspecified atom stereocenters. The van der Waals surface area contributed by atoms with Gasteiger partial charge < -0.3 is 15.4 Å². The Balaban J connectivity index is 1.23. The topological polar surface area (TPSA) is 94.0 Å². The molecule has 1 aromatic carbocycles. The summed E-state index contributed by atoms with van der Waals surface area (Å²) in [6, 6.07) is 10.1. The maximum absolute atomic E-state index is 12.3. The number of carbonyl (C=O) groups is 1. The summed E-state index contributed by atoms with van der Waals surface area (Å²) in [6.07, 6.45) is 6.20. The van der Waals surface area contributed by atoms with Crippen molar-refractivity contribution in [3.63, 3.8) is 0 Å². The van der Waals surface area contributed by atoms with E-state index < -0.39 is 0 Å². The van der Waals surface area contributed by atoms with Crippen molar-refractivity contribution in [2.75, 3.05) is 26.2 Å². The lowest BCUT2D eigenvalue weighted by molar-refractivity contribution is 0.0946. The van der Waals surface area contributed by atoms with Crippen molar-refractivity contribution in [3.8, 4) is 5.75 Å². The van der Waals surface area contributed by atoms with E-state index in [0.717, 1.165) is 42.6 Å². The average molecular weight is 380 g/mol. The van der Waals surface area contributed by atoms with Crippen LogP contribution in [0.5, 0.6) is 5.75 Å². The first-order valence-electron chi connectivity index (χ1n) is 9.68. The van der Waals surface area contributed by atoms with E-state index in [1.54, 1.807) is 12.4 Å². The highest BCUT2D eigenvalue weighted by Crippen LogP contribution is 2.22. The number of amides is 1. The van der Waals surface area contributed by atoms with Crippen molar-refractivity contribution in [3.05, 3.63) is 48.4 Å². The van der Waals surface area contributed by atoms with E-state index in [1.165, 1.54) is 0 Å². The first kappa shape index (κ1) is 18.4. The van der Waals surface area contributed by atoms with Crippen LogP contribution in [0.25, 0.3) is 10.9 Å². The van der Waals surface area contributed by atoms with E-state index in [2.05, 4.69) is 25.9 Å². The van der Waals surface area contributed by atoms with Crippen molar-refractivity contribution in [1.29, 1.82) is 0 Å². The maximum Gasteiger partial charge on any atom is 0.273 e. The number of hydrogen-bond acceptors (Lipinski definition) is 6. The number of aromatic nitrogens is 4. The largest absolute Gasteiger partial charge is 0.491 e. The van der Waals surface area contributed by atoms with Gasteiger partial charge in [-0.1, -0.05) is 23.4 Å². The number of piperidine rings is 1. The molecule has 8 nitrogen and oxygen atoms in total. The molecule has 2 N–H and O–H groups in total. The smallest absolute Gasteiger partial charge is 0.273 e. The number of ether oxygens (including phenoxy) is 1. The predicted molar refractivity (Wildman–Crippen MR) is 105 cm³/mol. The minimum atomic E-state index is -0.202. The molecule has 0 spiro atoms. The molecule has 1 fully saturated rings. The Bertz CT molecular complexity index is 930. The fraction of sp³-hybridized carbons (Fsp3) is 0.400. The molecule has 0 atom stereocenters. The highest BCUT2D eigenvalue weighted by molar-refractivity contribution is 5.91. The monoisotopic (exact) mass is 380 g/mol. The molecular weight excluding hydrogens is 356 g/mol. The van der Waals surface area contributed by atoms with Gasteiger partial charge in [-0.15, -0.1) is 5.10 Å². The van der Waals surface area contributed by atoms with Gasteiger partial charge in [-0.05, 0) is 44.5 Å². The van der Waals surface area contributed by atoms with Crippen molar-refractivity contribution in [2.24, 2.45) is 0 Å². The number of nitrogens with one attached hydrogen (secondary N) is 2. The number of rotatable bonds is 7. The summed E-state index contributed by atoms with van der Waals surface area (Å²) in [6.45, 7) is 2.95. The molecule has 0 aliphatic carbocycles. The van der Waals surface area contributed by atoms with Crippen LogP contribution < -0.4 is 15.4 Å². The Labute approximate surface area is 163 Å². The van der Waals surface area contributed by atoms with Gasteiger partial charge in [0.05, 0.1) is 18.8 Å². The van der Waals surface area contributed by atoms with Gasteiger partial charge in [0.25, 0.3) is 5.91 Å². The third-order valence-electron chi connectivity index (χ3n) is 4.89. The normalized spacial score (nSPS) is 14.9. The van der Waals surface area contributed by atoms with Crippen molar-refractivity contribution < 1.29 is 9.53 Å². The van der Waals surface area contributed by atoms with Crippen LogP contribution in [0.2, 0.25) is 0 Å². The first-order chi connectivity index (χ1) is 13.8. The minimum absolute atomic E-state index is 0.202. The zero-order valence-electron chi connectivity index (χ0n) is 15.7. The van der Waals surface area contributed by atoms with Gasteiger partial charge in [0.15, 0.2) is 5.69 Å². The lowest BCUT2D eigenvalue weighted by Crippen LogP contribution is -2.29. The molecule has 28 heavy (non-hydrogen) atoms. The summed E-state index contributed by atoms with van der Waals surface area (Å²) < 4.78 is 7.65. The molecule has 146 valence electrons. The molecule has 1 aliphatic rings. The number of carbonyl (C=O) groups excluding carboxylic acids is 1. The van der Waals surface area contributed by atoms with Crippen molar-refractivity contribution in [1.82, 2.24) is 30.6 Å². The Morgan fingerprint density at radius 2 is 2.11 bits per heavy atom. The Hall–Kier alpha value is -3.00.